The lowest BCUT2D eigenvalue weighted by Gasteiger charge is -2.13. The fraction of sp³-hybridized carbons (Fsp3) is 0.0833. The van der Waals surface area contributed by atoms with E-state index in [-0.39, 0.29) is 0 Å². The van der Waals surface area contributed by atoms with Crippen molar-refractivity contribution in [2.45, 2.75) is 0 Å². The number of fused-ring (bicyclic) bond motifs is 4. The summed E-state index contributed by atoms with van der Waals surface area (Å²) in [6.07, 6.45) is 0. The molecule has 0 N–H and O–H groups in total. The zero-order valence-corrected chi connectivity index (χ0v) is 18.8. The minimum absolute atomic E-state index is 0.509. The molecule has 3 aromatic carbocycles. The zero-order chi connectivity index (χ0) is 27.8. The lowest BCUT2D eigenvalue weighted by Crippen LogP contribution is -2.18. The molecule has 0 amide bonds. The average molecular weight is 520 g/mol. The Bertz CT molecular complexity index is 2070. The van der Waals surface area contributed by atoms with E-state index in [2.05, 4.69) is 9.97 Å². The lowest BCUT2D eigenvalue weighted by molar-refractivity contribution is 0.577. The summed E-state index contributed by atoms with van der Waals surface area (Å²) in [6.45, 7) is 0. The third-order valence-corrected chi connectivity index (χ3v) is 6.17. The topological polar surface area (TPSA) is 131 Å². The number of benzene rings is 3. The maximum Gasteiger partial charge on any atom is 0.172 e. The highest BCUT2D eigenvalue weighted by Gasteiger charge is 2.32. The van der Waals surface area contributed by atoms with Gasteiger partial charge in [-0.2, -0.15) is 21.0 Å². The number of aromatic nitrogens is 4. The van der Waals surface area contributed by atoms with Gasteiger partial charge in [0.25, 0.3) is 0 Å². The first kappa shape index (κ1) is 24.1. The van der Waals surface area contributed by atoms with E-state index < -0.39 is 101 Å². The minimum atomic E-state index is -1.86. The molecule has 2 heterocycles. The van der Waals surface area contributed by atoms with Crippen LogP contribution < -0.4 is 11.0 Å². The third-order valence-electron chi connectivity index (χ3n) is 6.17. The van der Waals surface area contributed by atoms with E-state index in [9.17, 15) is 0 Å². The van der Waals surface area contributed by atoms with E-state index in [4.69, 9.17) is 21.0 Å². The Labute approximate surface area is 206 Å². The molecular weight excluding hydrogens is 514 g/mol. The lowest BCUT2D eigenvalue weighted by atomic mass is 9.98. The molecule has 184 valence electrons. The predicted octanol–water partition coefficient (Wildman–Crippen LogP) is 3.00. The van der Waals surface area contributed by atoms with Crippen molar-refractivity contribution in [3.63, 3.8) is 0 Å². The van der Waals surface area contributed by atoms with Gasteiger partial charge >= 0.3 is 0 Å². The summed E-state index contributed by atoms with van der Waals surface area (Å²) in [5, 5.41) is 30.9. The van der Waals surface area contributed by atoms with Crippen molar-refractivity contribution in [3.05, 3.63) is 45.9 Å². The number of hydrogen-bond acceptors (Lipinski definition) is 6. The number of nitriles is 4. The Morgan fingerprint density at radius 1 is 0.526 bits per heavy atom. The predicted molar refractivity (Wildman–Crippen MR) is 118 cm³/mol. The normalized spacial score (nSPS) is 11.1. The van der Waals surface area contributed by atoms with Crippen LogP contribution in [0.5, 0.6) is 0 Å². The first-order valence-corrected chi connectivity index (χ1v) is 10.2. The molecule has 14 heteroatoms. The molecule has 0 saturated carbocycles. The Morgan fingerprint density at radius 2 is 0.816 bits per heavy atom. The third kappa shape index (κ3) is 2.71. The van der Waals surface area contributed by atoms with Crippen molar-refractivity contribution in [1.82, 2.24) is 19.1 Å². The van der Waals surface area contributed by atoms with Gasteiger partial charge < -0.3 is 9.13 Å². The van der Waals surface area contributed by atoms with Gasteiger partial charge in [0.05, 0.1) is 21.5 Å². The van der Waals surface area contributed by atoms with E-state index in [1.165, 1.54) is 24.3 Å². The van der Waals surface area contributed by atoms with E-state index >= 15 is 26.3 Å². The van der Waals surface area contributed by atoms with Crippen LogP contribution in [0.1, 0.15) is 0 Å². The fourth-order valence-corrected chi connectivity index (χ4v) is 4.49. The van der Waals surface area contributed by atoms with Crippen LogP contribution in [0.2, 0.25) is 0 Å². The second-order valence-corrected chi connectivity index (χ2v) is 7.96. The smallest absolute Gasteiger partial charge is 0.172 e. The Balaban J connectivity index is 2.15. The summed E-state index contributed by atoms with van der Waals surface area (Å²) in [6, 6.07) is 5.94. The van der Waals surface area contributed by atoms with Gasteiger partial charge in [-0.25, -0.2) is 36.3 Å². The average Bonchev–Trinajstić information content (AvgIpc) is 3.42. The second-order valence-electron chi connectivity index (χ2n) is 7.96. The molecule has 2 aromatic heterocycles. The molecule has 0 aliphatic heterocycles. The molecule has 0 fully saturated rings. The zero-order valence-electron chi connectivity index (χ0n) is 18.8. The van der Waals surface area contributed by atoms with Crippen molar-refractivity contribution in [3.8, 4) is 24.3 Å². The van der Waals surface area contributed by atoms with Crippen LogP contribution in [0.25, 0.3) is 54.8 Å². The molecule has 0 bridgehead atoms. The van der Waals surface area contributed by atoms with Crippen LogP contribution in [0, 0.1) is 80.2 Å². The largest absolute Gasteiger partial charge is 0.323 e. The maximum atomic E-state index is 15.7. The molecule has 0 saturated heterocycles. The molecule has 0 atom stereocenters. The van der Waals surface area contributed by atoms with Crippen molar-refractivity contribution in [2.24, 2.45) is 14.1 Å². The van der Waals surface area contributed by atoms with Gasteiger partial charge in [-0.15, -0.1) is 0 Å². The van der Waals surface area contributed by atoms with Crippen LogP contribution >= 0.6 is 0 Å². The first-order valence-electron chi connectivity index (χ1n) is 10.2. The van der Waals surface area contributed by atoms with Gasteiger partial charge in [0.2, 0.25) is 0 Å². The van der Waals surface area contributed by atoms with Crippen LogP contribution in [-0.4, -0.2) is 19.1 Å². The number of aryl methyl sites for hydroxylation is 2. The first-order chi connectivity index (χ1) is 18.0. The minimum Gasteiger partial charge on any atom is -0.323 e. The highest BCUT2D eigenvalue weighted by atomic mass is 19.2. The molecule has 5 aromatic rings. The van der Waals surface area contributed by atoms with Crippen molar-refractivity contribution in [2.75, 3.05) is 0 Å². The summed E-state index contributed by atoms with van der Waals surface area (Å²) in [5.41, 5.74) is -5.65. The van der Waals surface area contributed by atoms with Crippen LogP contribution in [0.3, 0.4) is 0 Å². The monoisotopic (exact) mass is 520 g/mol. The molecule has 0 aliphatic carbocycles. The molecular formula is C24H6F6N8. The summed E-state index contributed by atoms with van der Waals surface area (Å²) >= 11 is 0. The van der Waals surface area contributed by atoms with Crippen molar-refractivity contribution < 1.29 is 26.3 Å². The quantitative estimate of drug-likeness (QED) is 0.228. The van der Waals surface area contributed by atoms with E-state index in [1.807, 2.05) is 0 Å². The van der Waals surface area contributed by atoms with E-state index in [0.29, 0.717) is 0 Å². The summed E-state index contributed by atoms with van der Waals surface area (Å²) < 4.78 is 95.5. The number of halogens is 6. The van der Waals surface area contributed by atoms with Crippen LogP contribution in [0.4, 0.5) is 26.3 Å². The SMILES string of the molecule is Cn1c(=C(C#N)C#N)nc2c(F)c3c(F)c4c(F)c5c(nc(=C(C#N)C#N)n5C)c(F)c4c(F)c3c(F)c21. The number of nitrogens with zero attached hydrogens (tertiary/aromatic N) is 8. The molecule has 0 radical (unpaired) electrons. The highest BCUT2D eigenvalue weighted by Crippen LogP contribution is 2.41. The molecule has 38 heavy (non-hydrogen) atoms. The van der Waals surface area contributed by atoms with Gasteiger partial charge in [0, 0.05) is 14.1 Å². The summed E-state index contributed by atoms with van der Waals surface area (Å²) in [5.74, 6) is -10.3. The summed E-state index contributed by atoms with van der Waals surface area (Å²) in [4.78, 5) is 7.38. The number of imidazole rings is 2. The van der Waals surface area contributed by atoms with Gasteiger partial charge in [-0.3, -0.25) is 0 Å². The van der Waals surface area contributed by atoms with Gasteiger partial charge in [-0.05, 0) is 0 Å². The van der Waals surface area contributed by atoms with Crippen LogP contribution in [0.15, 0.2) is 0 Å². The highest BCUT2D eigenvalue weighted by molar-refractivity contribution is 6.09. The number of hydrogen-bond donors (Lipinski definition) is 0. The second kappa shape index (κ2) is 7.95. The molecule has 0 aliphatic rings. The van der Waals surface area contributed by atoms with Crippen molar-refractivity contribution >= 4 is 54.8 Å². The van der Waals surface area contributed by atoms with Crippen molar-refractivity contribution in [1.29, 1.82) is 21.0 Å². The Kier molecular flexibility index (Phi) is 5.05. The number of rotatable bonds is 0. The van der Waals surface area contributed by atoms with Gasteiger partial charge in [0.1, 0.15) is 58.0 Å². The summed E-state index contributed by atoms with van der Waals surface area (Å²) in [7, 11) is 2.17. The molecule has 8 nitrogen and oxygen atoms in total. The fourth-order valence-electron chi connectivity index (χ4n) is 4.49. The van der Waals surface area contributed by atoms with E-state index in [0.717, 1.165) is 23.2 Å². The van der Waals surface area contributed by atoms with Crippen LogP contribution in [-0.2, 0) is 14.1 Å². The Hall–Kier alpha value is -5.60. The molecule has 0 spiro atoms. The molecule has 5 rings (SSSR count). The van der Waals surface area contributed by atoms with Gasteiger partial charge in [-0.1, -0.05) is 0 Å². The Morgan fingerprint density at radius 3 is 1.11 bits per heavy atom. The van der Waals surface area contributed by atoms with E-state index in [1.54, 1.807) is 0 Å². The molecule has 0 unspecified atom stereocenters. The standard InChI is InChI=1S/C24H6F6N8/c1-37-21-17(29)11-9(15(27)19(21)35-23(37)7(3-31)4-32)14(26)12-10(13(11)25)16(28)20-22(18(12)30)38(2)24(36-20)8(5-33)6-34/h1-2H3. The maximum absolute atomic E-state index is 15.7. The van der Waals surface area contributed by atoms with Gasteiger partial charge in [0.15, 0.2) is 45.4 Å².